The second kappa shape index (κ2) is 4.86. The summed E-state index contributed by atoms with van der Waals surface area (Å²) in [7, 11) is 0. The lowest BCUT2D eigenvalue weighted by Gasteiger charge is -1.96. The Morgan fingerprint density at radius 1 is 1.12 bits per heavy atom. The lowest BCUT2D eigenvalue weighted by atomic mass is 10.1. The summed E-state index contributed by atoms with van der Waals surface area (Å²) in [5, 5.41) is 2.91. The van der Waals surface area contributed by atoms with Gasteiger partial charge in [-0.3, -0.25) is 4.79 Å². The van der Waals surface area contributed by atoms with Gasteiger partial charge < -0.3 is 5.32 Å². The first kappa shape index (κ1) is 11.4. The predicted octanol–water partition coefficient (Wildman–Crippen LogP) is 2.79. The monoisotopic (exact) mass is 265 g/mol. The number of aldehydes is 1. The van der Waals surface area contributed by atoms with E-state index in [-0.39, 0.29) is 0 Å². The average molecular weight is 265 g/mol. The van der Waals surface area contributed by atoms with Gasteiger partial charge in [-0.05, 0) is 11.6 Å². The molecule has 0 aromatic heterocycles. The summed E-state index contributed by atoms with van der Waals surface area (Å²) < 4.78 is 0.681. The fourth-order valence-corrected chi connectivity index (χ4v) is 2.72. The molecule has 80 valence electrons. The molecule has 2 rings (SSSR count). The average Bonchev–Trinajstić information content (AvgIpc) is 2.59. The van der Waals surface area contributed by atoms with E-state index in [2.05, 4.69) is 5.32 Å². The van der Waals surface area contributed by atoms with E-state index < -0.39 is 0 Å². The highest BCUT2D eigenvalue weighted by Crippen LogP contribution is 2.26. The highest BCUT2D eigenvalue weighted by atomic mass is 32.2. The zero-order valence-corrected chi connectivity index (χ0v) is 10.5. The van der Waals surface area contributed by atoms with Crippen LogP contribution in [0.4, 0.5) is 0 Å². The lowest BCUT2D eigenvalue weighted by Crippen LogP contribution is -2.15. The quantitative estimate of drug-likeness (QED) is 0.504. The van der Waals surface area contributed by atoms with Crippen LogP contribution in [-0.4, -0.2) is 15.6 Å². The van der Waals surface area contributed by atoms with Crippen molar-refractivity contribution < 1.29 is 4.79 Å². The van der Waals surface area contributed by atoms with E-state index in [0.29, 0.717) is 14.9 Å². The van der Waals surface area contributed by atoms with Crippen LogP contribution in [0, 0.1) is 0 Å². The van der Waals surface area contributed by atoms with Crippen LogP contribution in [0.2, 0.25) is 0 Å². The molecule has 0 amide bonds. The smallest absolute Gasteiger partial charge is 0.150 e. The van der Waals surface area contributed by atoms with Crippen LogP contribution in [0.1, 0.15) is 15.9 Å². The van der Waals surface area contributed by atoms with E-state index >= 15 is 0 Å². The third-order valence-corrected chi connectivity index (χ3v) is 3.64. The Morgan fingerprint density at radius 2 is 1.75 bits per heavy atom. The molecule has 0 bridgehead atoms. The van der Waals surface area contributed by atoms with Crippen molar-refractivity contribution in [2.24, 2.45) is 0 Å². The van der Waals surface area contributed by atoms with Gasteiger partial charge in [-0.15, -0.1) is 0 Å². The zero-order valence-electron chi connectivity index (χ0n) is 8.10. The van der Waals surface area contributed by atoms with Crippen molar-refractivity contribution in [3.05, 3.63) is 40.3 Å². The molecule has 1 saturated heterocycles. The molecule has 1 N–H and O–H groups in total. The van der Waals surface area contributed by atoms with Crippen molar-refractivity contribution in [1.29, 1.82) is 0 Å². The number of hydrogen-bond acceptors (Lipinski definition) is 4. The van der Waals surface area contributed by atoms with Gasteiger partial charge in [0.25, 0.3) is 0 Å². The van der Waals surface area contributed by atoms with Crippen LogP contribution in [0.25, 0.3) is 6.08 Å². The van der Waals surface area contributed by atoms with Crippen molar-refractivity contribution in [3.63, 3.8) is 0 Å². The minimum absolute atomic E-state index is 0.662. The first-order chi connectivity index (χ1) is 7.69. The molecular formula is C11H7NOS3. The van der Waals surface area contributed by atoms with Crippen LogP contribution in [0.5, 0.6) is 0 Å². The van der Waals surface area contributed by atoms with E-state index in [9.17, 15) is 4.79 Å². The largest absolute Gasteiger partial charge is 0.331 e. The number of benzene rings is 1. The van der Waals surface area contributed by atoms with Crippen LogP contribution in [-0.2, 0) is 0 Å². The van der Waals surface area contributed by atoms with Gasteiger partial charge in [0.15, 0.2) is 0 Å². The summed E-state index contributed by atoms with van der Waals surface area (Å²) in [5.74, 6) is 0. The second-order valence-electron chi connectivity index (χ2n) is 3.14. The standard InChI is InChI=1S/C11H7NOS3/c13-6-8-3-1-7(2-4-8)5-9-10(14)12-11(15)16-9/h1-6H,(H,12,14,15)/b9-5+. The second-order valence-corrected chi connectivity index (χ2v) is 5.26. The highest BCUT2D eigenvalue weighted by molar-refractivity contribution is 8.27. The van der Waals surface area contributed by atoms with Crippen molar-refractivity contribution in [2.75, 3.05) is 0 Å². The lowest BCUT2D eigenvalue weighted by molar-refractivity contribution is 0.112. The third-order valence-electron chi connectivity index (χ3n) is 2.01. The van der Waals surface area contributed by atoms with Crippen LogP contribution >= 0.6 is 36.2 Å². The summed E-state index contributed by atoms with van der Waals surface area (Å²) in [6.45, 7) is 0. The van der Waals surface area contributed by atoms with E-state index in [0.717, 1.165) is 16.8 Å². The molecule has 1 aliphatic rings. The maximum absolute atomic E-state index is 10.5. The van der Waals surface area contributed by atoms with Gasteiger partial charge in [0.05, 0.1) is 0 Å². The van der Waals surface area contributed by atoms with Gasteiger partial charge in [0.1, 0.15) is 15.6 Å². The van der Waals surface area contributed by atoms with E-state index in [1.165, 1.54) is 11.8 Å². The normalized spacial score (nSPS) is 17.6. The fourth-order valence-electron chi connectivity index (χ4n) is 1.24. The Hall–Kier alpha value is -1.04. The molecule has 1 heterocycles. The number of hydrogen-bond donors (Lipinski definition) is 1. The summed E-state index contributed by atoms with van der Waals surface area (Å²) in [5.41, 5.74) is 1.67. The maximum atomic E-state index is 10.5. The third kappa shape index (κ3) is 2.55. The molecule has 2 nitrogen and oxygen atoms in total. The summed E-state index contributed by atoms with van der Waals surface area (Å²) in [6.07, 6.45) is 2.77. The van der Waals surface area contributed by atoms with Gasteiger partial charge in [0.2, 0.25) is 0 Å². The molecule has 1 aliphatic heterocycles. The molecule has 0 atom stereocenters. The van der Waals surface area contributed by atoms with Crippen LogP contribution in [0.3, 0.4) is 0 Å². The number of thioether (sulfide) groups is 1. The van der Waals surface area contributed by atoms with Gasteiger partial charge >= 0.3 is 0 Å². The molecule has 16 heavy (non-hydrogen) atoms. The van der Waals surface area contributed by atoms with Crippen LogP contribution in [0.15, 0.2) is 29.2 Å². The summed E-state index contributed by atoms with van der Waals surface area (Å²) >= 11 is 11.6. The van der Waals surface area contributed by atoms with Gasteiger partial charge in [-0.2, -0.15) is 0 Å². The Balaban J connectivity index is 2.25. The molecule has 1 fully saturated rings. The van der Waals surface area contributed by atoms with Crippen molar-refractivity contribution in [2.45, 2.75) is 0 Å². The minimum Gasteiger partial charge on any atom is -0.331 e. The molecular weight excluding hydrogens is 258 g/mol. The first-order valence-electron chi connectivity index (χ1n) is 4.49. The Bertz CT molecular complexity index is 490. The molecule has 0 aliphatic carbocycles. The number of rotatable bonds is 2. The zero-order chi connectivity index (χ0) is 11.5. The highest BCUT2D eigenvalue weighted by Gasteiger charge is 2.17. The SMILES string of the molecule is O=Cc1ccc(/C=C2/SC(=S)NC2=S)cc1. The topological polar surface area (TPSA) is 29.1 Å². The van der Waals surface area contributed by atoms with E-state index in [4.69, 9.17) is 24.4 Å². The molecule has 0 saturated carbocycles. The van der Waals surface area contributed by atoms with Crippen molar-refractivity contribution in [3.8, 4) is 0 Å². The van der Waals surface area contributed by atoms with E-state index in [1.807, 2.05) is 18.2 Å². The molecule has 1 aromatic rings. The predicted molar refractivity (Wildman–Crippen MR) is 75.7 cm³/mol. The maximum Gasteiger partial charge on any atom is 0.150 e. The molecule has 0 spiro atoms. The fraction of sp³-hybridized carbons (Fsp3) is 0. The van der Waals surface area contributed by atoms with Crippen molar-refractivity contribution in [1.82, 2.24) is 5.32 Å². The molecule has 0 radical (unpaired) electrons. The molecule has 0 unspecified atom stereocenters. The van der Waals surface area contributed by atoms with Crippen LogP contribution < -0.4 is 5.32 Å². The number of nitrogens with one attached hydrogen (secondary N) is 1. The summed E-state index contributed by atoms with van der Waals surface area (Å²) in [4.78, 5) is 12.1. The van der Waals surface area contributed by atoms with E-state index in [1.54, 1.807) is 12.1 Å². The summed E-state index contributed by atoms with van der Waals surface area (Å²) in [6, 6.07) is 7.30. The van der Waals surface area contributed by atoms with Gasteiger partial charge in [0, 0.05) is 10.5 Å². The number of thiocarbonyl (C=S) groups is 2. The minimum atomic E-state index is 0.662. The first-order valence-corrected chi connectivity index (χ1v) is 6.12. The van der Waals surface area contributed by atoms with Gasteiger partial charge in [-0.25, -0.2) is 0 Å². The number of carbonyl (C=O) groups excluding carboxylic acids is 1. The van der Waals surface area contributed by atoms with Gasteiger partial charge in [-0.1, -0.05) is 60.5 Å². The molecule has 5 heteroatoms. The number of carbonyl (C=O) groups is 1. The molecule has 1 aromatic carbocycles. The Labute approximate surface area is 108 Å². The Morgan fingerprint density at radius 3 is 2.25 bits per heavy atom. The van der Waals surface area contributed by atoms with Crippen molar-refractivity contribution >= 4 is 57.9 Å². The Kier molecular flexibility index (Phi) is 3.48.